The zero-order chi connectivity index (χ0) is 16.2. The van der Waals surface area contributed by atoms with Gasteiger partial charge in [-0.1, -0.05) is 20.3 Å². The smallest absolute Gasteiger partial charge is 0.326 e. The molecule has 1 fully saturated rings. The Morgan fingerprint density at radius 3 is 2.48 bits per heavy atom. The van der Waals surface area contributed by atoms with E-state index in [1.807, 2.05) is 6.92 Å². The summed E-state index contributed by atoms with van der Waals surface area (Å²) in [6, 6.07) is -2.21. The number of nitrogens with one attached hydrogen (secondary N) is 1. The van der Waals surface area contributed by atoms with Crippen molar-refractivity contribution < 1.29 is 19.5 Å². The molecule has 1 aliphatic heterocycles. The Bertz CT molecular complexity index is 411. The van der Waals surface area contributed by atoms with Crippen LogP contribution < -0.4 is 11.1 Å². The van der Waals surface area contributed by atoms with E-state index in [4.69, 9.17) is 5.73 Å². The van der Waals surface area contributed by atoms with E-state index in [1.54, 1.807) is 13.8 Å². The number of rotatable bonds is 6. The van der Waals surface area contributed by atoms with Crippen molar-refractivity contribution in [1.29, 1.82) is 0 Å². The van der Waals surface area contributed by atoms with E-state index in [-0.39, 0.29) is 11.8 Å². The van der Waals surface area contributed by atoms with Crippen LogP contribution in [-0.4, -0.2) is 52.5 Å². The first kappa shape index (κ1) is 17.4. The second kappa shape index (κ2) is 7.40. The first-order valence-electron chi connectivity index (χ1n) is 7.38. The fourth-order valence-electron chi connectivity index (χ4n) is 2.50. The van der Waals surface area contributed by atoms with E-state index in [9.17, 15) is 19.5 Å². The fourth-order valence-corrected chi connectivity index (χ4v) is 2.50. The maximum absolute atomic E-state index is 12.3. The molecule has 1 rings (SSSR count). The van der Waals surface area contributed by atoms with Crippen LogP contribution in [0.5, 0.6) is 0 Å². The monoisotopic (exact) mass is 299 g/mol. The lowest BCUT2D eigenvalue weighted by molar-refractivity contribution is -0.145. The van der Waals surface area contributed by atoms with Gasteiger partial charge in [0.15, 0.2) is 0 Å². The van der Waals surface area contributed by atoms with Crippen LogP contribution in [0.4, 0.5) is 0 Å². The second-order valence-electron chi connectivity index (χ2n) is 5.69. The van der Waals surface area contributed by atoms with Crippen LogP contribution in [0, 0.1) is 5.92 Å². The van der Waals surface area contributed by atoms with E-state index in [0.29, 0.717) is 19.4 Å². The largest absolute Gasteiger partial charge is 0.480 e. The highest BCUT2D eigenvalue weighted by molar-refractivity contribution is 5.92. The molecule has 1 heterocycles. The topological polar surface area (TPSA) is 113 Å². The van der Waals surface area contributed by atoms with Crippen LogP contribution in [0.3, 0.4) is 0 Å². The normalized spacial score (nSPS) is 22.5. The molecule has 21 heavy (non-hydrogen) atoms. The van der Waals surface area contributed by atoms with Crippen LogP contribution in [0.15, 0.2) is 0 Å². The highest BCUT2D eigenvalue weighted by Crippen LogP contribution is 2.19. The van der Waals surface area contributed by atoms with Gasteiger partial charge in [0.1, 0.15) is 12.1 Å². The molecule has 0 radical (unpaired) electrons. The summed E-state index contributed by atoms with van der Waals surface area (Å²) in [6.45, 7) is 5.71. The van der Waals surface area contributed by atoms with Crippen molar-refractivity contribution in [3.63, 3.8) is 0 Å². The zero-order valence-corrected chi connectivity index (χ0v) is 12.8. The van der Waals surface area contributed by atoms with Gasteiger partial charge in [-0.05, 0) is 25.7 Å². The average Bonchev–Trinajstić information content (AvgIpc) is 2.91. The number of carboxylic acid groups (broad SMARTS) is 1. The van der Waals surface area contributed by atoms with E-state index in [0.717, 1.165) is 6.42 Å². The number of carbonyl (C=O) groups excluding carboxylic acids is 2. The third-order valence-corrected chi connectivity index (χ3v) is 4.00. The van der Waals surface area contributed by atoms with Gasteiger partial charge in [0, 0.05) is 6.54 Å². The maximum Gasteiger partial charge on any atom is 0.326 e. The number of amides is 2. The molecule has 0 saturated carbocycles. The summed E-state index contributed by atoms with van der Waals surface area (Å²) in [4.78, 5) is 37.0. The number of carbonyl (C=O) groups is 3. The van der Waals surface area contributed by atoms with E-state index >= 15 is 0 Å². The van der Waals surface area contributed by atoms with Crippen molar-refractivity contribution in [3.05, 3.63) is 0 Å². The third kappa shape index (κ3) is 4.17. The van der Waals surface area contributed by atoms with Crippen molar-refractivity contribution >= 4 is 17.8 Å². The minimum absolute atomic E-state index is 0.176. The number of hydrogen-bond acceptors (Lipinski definition) is 4. The number of aliphatic carboxylic acids is 1. The molecule has 4 atom stereocenters. The Kier molecular flexibility index (Phi) is 6.14. The molecule has 0 aromatic carbocycles. The summed E-state index contributed by atoms with van der Waals surface area (Å²) < 4.78 is 0. The van der Waals surface area contributed by atoms with Gasteiger partial charge in [0.2, 0.25) is 11.8 Å². The molecule has 0 aliphatic carbocycles. The lowest BCUT2D eigenvalue weighted by Gasteiger charge is -2.28. The molecular formula is C14H25N3O4. The van der Waals surface area contributed by atoms with Gasteiger partial charge in [-0.3, -0.25) is 9.59 Å². The minimum atomic E-state index is -1.05. The Balaban J connectivity index is 2.77. The first-order chi connectivity index (χ1) is 9.79. The van der Waals surface area contributed by atoms with E-state index in [1.165, 1.54) is 4.90 Å². The molecule has 2 amide bonds. The van der Waals surface area contributed by atoms with E-state index < -0.39 is 30.0 Å². The van der Waals surface area contributed by atoms with Crippen molar-refractivity contribution in [2.75, 3.05) is 6.54 Å². The maximum atomic E-state index is 12.3. The molecule has 120 valence electrons. The SMILES string of the molecule is CC[C@H](C)[C@H](NC(=O)[C@@H]1CCCN1C(=O)[C@H](C)N)C(=O)O. The molecular weight excluding hydrogens is 274 g/mol. The second-order valence-corrected chi connectivity index (χ2v) is 5.69. The summed E-state index contributed by atoms with van der Waals surface area (Å²) in [5, 5.41) is 11.8. The van der Waals surface area contributed by atoms with Crippen LogP contribution in [0.25, 0.3) is 0 Å². The number of carboxylic acids is 1. The van der Waals surface area contributed by atoms with Gasteiger partial charge in [0.25, 0.3) is 0 Å². The lowest BCUT2D eigenvalue weighted by atomic mass is 9.98. The Morgan fingerprint density at radius 2 is 2.00 bits per heavy atom. The Morgan fingerprint density at radius 1 is 1.38 bits per heavy atom. The van der Waals surface area contributed by atoms with Gasteiger partial charge >= 0.3 is 5.97 Å². The number of nitrogens with two attached hydrogens (primary N) is 1. The summed E-state index contributed by atoms with van der Waals surface area (Å²) in [5.74, 6) is -1.91. The highest BCUT2D eigenvalue weighted by atomic mass is 16.4. The molecule has 0 spiro atoms. The summed E-state index contributed by atoms with van der Waals surface area (Å²) in [7, 11) is 0. The van der Waals surface area contributed by atoms with Gasteiger partial charge in [0.05, 0.1) is 6.04 Å². The predicted molar refractivity (Wildman–Crippen MR) is 77.4 cm³/mol. The third-order valence-electron chi connectivity index (χ3n) is 4.00. The molecule has 0 aromatic heterocycles. The number of likely N-dealkylation sites (tertiary alicyclic amines) is 1. The highest BCUT2D eigenvalue weighted by Gasteiger charge is 2.37. The van der Waals surface area contributed by atoms with Crippen LogP contribution in [-0.2, 0) is 14.4 Å². The first-order valence-corrected chi connectivity index (χ1v) is 7.38. The van der Waals surface area contributed by atoms with Crippen LogP contribution in [0.2, 0.25) is 0 Å². The van der Waals surface area contributed by atoms with Gasteiger partial charge in [-0.2, -0.15) is 0 Å². The molecule has 4 N–H and O–H groups in total. The average molecular weight is 299 g/mol. The molecule has 1 saturated heterocycles. The van der Waals surface area contributed by atoms with Gasteiger partial charge in [-0.25, -0.2) is 4.79 Å². The molecule has 1 aliphatic rings. The predicted octanol–water partition coefficient (Wildman–Crippen LogP) is -0.0599. The summed E-state index contributed by atoms with van der Waals surface area (Å²) in [5.41, 5.74) is 5.58. The molecule has 0 bridgehead atoms. The van der Waals surface area contributed by atoms with Gasteiger partial charge in [-0.15, -0.1) is 0 Å². The quantitative estimate of drug-likeness (QED) is 0.636. The minimum Gasteiger partial charge on any atom is -0.480 e. The zero-order valence-electron chi connectivity index (χ0n) is 12.8. The molecule has 0 unspecified atom stereocenters. The summed E-state index contributed by atoms with van der Waals surface area (Å²) in [6.07, 6.45) is 1.90. The van der Waals surface area contributed by atoms with E-state index in [2.05, 4.69) is 5.32 Å². The standard InChI is InChI=1S/C14H25N3O4/c1-4-8(2)11(14(20)21)16-12(18)10-6-5-7-17(10)13(19)9(3)15/h8-11H,4-7,15H2,1-3H3,(H,16,18)(H,20,21)/t8-,9-,10-,11-/m0/s1. The summed E-state index contributed by atoms with van der Waals surface area (Å²) >= 11 is 0. The van der Waals surface area contributed by atoms with Crippen molar-refractivity contribution in [3.8, 4) is 0 Å². The molecule has 0 aromatic rings. The van der Waals surface area contributed by atoms with Crippen molar-refractivity contribution in [2.24, 2.45) is 11.7 Å². The fraction of sp³-hybridized carbons (Fsp3) is 0.786. The van der Waals surface area contributed by atoms with Crippen LogP contribution in [0.1, 0.15) is 40.0 Å². The Hall–Kier alpha value is -1.63. The van der Waals surface area contributed by atoms with Crippen molar-refractivity contribution in [2.45, 2.75) is 58.2 Å². The molecule has 7 nitrogen and oxygen atoms in total. The van der Waals surface area contributed by atoms with Crippen LogP contribution >= 0.6 is 0 Å². The number of hydrogen-bond donors (Lipinski definition) is 3. The number of nitrogens with zero attached hydrogens (tertiary/aromatic N) is 1. The molecule has 7 heteroatoms. The van der Waals surface area contributed by atoms with Crippen molar-refractivity contribution in [1.82, 2.24) is 10.2 Å². The van der Waals surface area contributed by atoms with Gasteiger partial charge < -0.3 is 21.1 Å². The Labute approximate surface area is 124 Å². The lowest BCUT2D eigenvalue weighted by Crippen LogP contribution is -2.54.